The zero-order valence-electron chi connectivity index (χ0n) is 16.9. The van der Waals surface area contributed by atoms with Gasteiger partial charge in [0.25, 0.3) is 0 Å². The summed E-state index contributed by atoms with van der Waals surface area (Å²) < 4.78 is 13.4. The van der Waals surface area contributed by atoms with Gasteiger partial charge in [0, 0.05) is 25.7 Å². The van der Waals surface area contributed by atoms with Gasteiger partial charge in [-0.25, -0.2) is 4.98 Å². The Bertz CT molecular complexity index is 1000. The number of anilines is 2. The highest BCUT2D eigenvalue weighted by Crippen LogP contribution is 2.27. The van der Waals surface area contributed by atoms with Crippen LogP contribution in [0.5, 0.6) is 0 Å². The molecule has 8 heteroatoms. The van der Waals surface area contributed by atoms with Crippen LogP contribution in [0.2, 0.25) is 0 Å². The van der Waals surface area contributed by atoms with Gasteiger partial charge in [0.15, 0.2) is 0 Å². The highest BCUT2D eigenvalue weighted by atomic mass is 16.5. The summed E-state index contributed by atoms with van der Waals surface area (Å²) in [6.45, 7) is 8.80. The number of benzene rings is 1. The Kier molecular flexibility index (Phi) is 4.81. The number of rotatable bonds is 3. The summed E-state index contributed by atoms with van der Waals surface area (Å²) in [6.07, 6.45) is 1.99. The van der Waals surface area contributed by atoms with Gasteiger partial charge in [0.05, 0.1) is 43.0 Å². The summed E-state index contributed by atoms with van der Waals surface area (Å²) in [5.74, 6) is 2.50. The Morgan fingerprint density at radius 1 is 0.966 bits per heavy atom. The molecule has 2 saturated heterocycles. The van der Waals surface area contributed by atoms with Crippen molar-refractivity contribution in [1.29, 1.82) is 0 Å². The predicted molar refractivity (Wildman–Crippen MR) is 112 cm³/mol. The molecule has 8 nitrogen and oxygen atoms in total. The van der Waals surface area contributed by atoms with Gasteiger partial charge in [0.2, 0.25) is 5.95 Å². The van der Waals surface area contributed by atoms with Crippen molar-refractivity contribution in [3.8, 4) is 5.82 Å². The van der Waals surface area contributed by atoms with Gasteiger partial charge < -0.3 is 19.3 Å². The average Bonchev–Trinajstić information content (AvgIpc) is 3.20. The fourth-order valence-electron chi connectivity index (χ4n) is 3.98. The molecule has 0 amide bonds. The summed E-state index contributed by atoms with van der Waals surface area (Å²) >= 11 is 0. The molecule has 0 saturated carbocycles. The second-order valence-corrected chi connectivity index (χ2v) is 7.60. The summed E-state index contributed by atoms with van der Waals surface area (Å²) in [4.78, 5) is 18.9. The number of morpholine rings is 2. The maximum atomic E-state index is 5.82. The summed E-state index contributed by atoms with van der Waals surface area (Å²) in [5.41, 5.74) is 1.99. The minimum absolute atomic E-state index is 0.156. The normalized spacial score (nSPS) is 23.0. The first-order valence-electron chi connectivity index (χ1n) is 10.2. The first kappa shape index (κ1) is 18.3. The highest BCUT2D eigenvalue weighted by molar-refractivity contribution is 5.77. The van der Waals surface area contributed by atoms with Gasteiger partial charge in [0.1, 0.15) is 18.0 Å². The van der Waals surface area contributed by atoms with E-state index in [1.54, 1.807) is 0 Å². The summed E-state index contributed by atoms with van der Waals surface area (Å²) in [7, 11) is 0. The molecule has 0 spiro atoms. The fraction of sp³-hybridized carbons (Fsp3) is 0.476. The van der Waals surface area contributed by atoms with Crippen molar-refractivity contribution in [3.05, 3.63) is 36.7 Å². The van der Waals surface area contributed by atoms with E-state index in [-0.39, 0.29) is 12.1 Å². The summed E-state index contributed by atoms with van der Waals surface area (Å²) in [5, 5.41) is 0. The molecule has 0 bridgehead atoms. The van der Waals surface area contributed by atoms with E-state index in [1.807, 2.05) is 29.1 Å². The number of hydrogen-bond acceptors (Lipinski definition) is 7. The first-order valence-corrected chi connectivity index (χ1v) is 10.2. The molecule has 2 aliphatic heterocycles. The van der Waals surface area contributed by atoms with Crippen molar-refractivity contribution in [2.24, 2.45) is 0 Å². The van der Waals surface area contributed by atoms with Crippen LogP contribution >= 0.6 is 0 Å². The summed E-state index contributed by atoms with van der Waals surface area (Å²) in [6, 6.07) is 10.4. The minimum atomic E-state index is 0.156. The molecule has 2 fully saturated rings. The van der Waals surface area contributed by atoms with E-state index in [1.165, 1.54) is 0 Å². The quantitative estimate of drug-likeness (QED) is 0.675. The lowest BCUT2D eigenvalue weighted by atomic mass is 10.1. The van der Waals surface area contributed by atoms with Crippen molar-refractivity contribution in [2.75, 3.05) is 49.3 Å². The lowest BCUT2D eigenvalue weighted by molar-refractivity contribution is 0.0281. The lowest BCUT2D eigenvalue weighted by Gasteiger charge is -2.39. The van der Waals surface area contributed by atoms with Crippen molar-refractivity contribution in [1.82, 2.24) is 19.5 Å². The third-order valence-electron chi connectivity index (χ3n) is 5.86. The Morgan fingerprint density at radius 2 is 1.76 bits per heavy atom. The van der Waals surface area contributed by atoms with E-state index < -0.39 is 0 Å². The Morgan fingerprint density at radius 3 is 2.62 bits per heavy atom. The molecule has 1 aromatic carbocycles. The topological polar surface area (TPSA) is 68.5 Å². The van der Waals surface area contributed by atoms with Gasteiger partial charge in [-0.2, -0.15) is 9.97 Å². The fourth-order valence-corrected chi connectivity index (χ4v) is 3.98. The van der Waals surface area contributed by atoms with Gasteiger partial charge in [-0.3, -0.25) is 4.57 Å². The lowest BCUT2D eigenvalue weighted by Crippen LogP contribution is -2.49. The van der Waals surface area contributed by atoms with Crippen molar-refractivity contribution < 1.29 is 9.47 Å². The number of hydrogen-bond donors (Lipinski definition) is 0. The van der Waals surface area contributed by atoms with Gasteiger partial charge >= 0.3 is 0 Å². The number of aromatic nitrogens is 4. The van der Waals surface area contributed by atoms with Crippen LogP contribution in [0.1, 0.15) is 13.8 Å². The van der Waals surface area contributed by atoms with Crippen LogP contribution < -0.4 is 9.80 Å². The Labute approximate surface area is 170 Å². The largest absolute Gasteiger partial charge is 0.378 e. The third kappa shape index (κ3) is 3.42. The molecule has 0 aliphatic carbocycles. The van der Waals surface area contributed by atoms with Gasteiger partial charge in [-0.15, -0.1) is 0 Å². The van der Waals surface area contributed by atoms with Crippen LogP contribution in [-0.4, -0.2) is 71.1 Å². The SMILES string of the molecule is C[C@H]1OCCN(c2cc(-n3cnc4ccccc43)nc(N3CCOCC3)n2)[C@H]1C. The number of imidazole rings is 1. The van der Waals surface area contributed by atoms with Crippen molar-refractivity contribution in [3.63, 3.8) is 0 Å². The molecular weight excluding hydrogens is 368 g/mol. The molecule has 5 rings (SSSR count). The molecule has 2 aromatic heterocycles. The molecule has 2 atom stereocenters. The third-order valence-corrected chi connectivity index (χ3v) is 5.86. The molecular formula is C21H26N6O2. The average molecular weight is 394 g/mol. The van der Waals surface area contributed by atoms with Crippen molar-refractivity contribution >= 4 is 22.8 Å². The Hall–Kier alpha value is -2.71. The zero-order valence-corrected chi connectivity index (χ0v) is 16.9. The number of ether oxygens (including phenoxy) is 2. The highest BCUT2D eigenvalue weighted by Gasteiger charge is 2.28. The monoisotopic (exact) mass is 394 g/mol. The standard InChI is InChI=1S/C21H26N6O2/c1-15-16(2)29-12-9-26(15)19-13-20(24-21(23-19)25-7-10-28-11-8-25)27-14-22-17-5-3-4-6-18(17)27/h3-6,13-16H,7-12H2,1-2H3/t15-,16+/m0/s1. The van der Waals surface area contributed by atoms with E-state index >= 15 is 0 Å². The molecule has 3 aromatic rings. The minimum Gasteiger partial charge on any atom is -0.378 e. The van der Waals surface area contributed by atoms with Gasteiger partial charge in [-0.1, -0.05) is 12.1 Å². The maximum absolute atomic E-state index is 5.82. The van der Waals surface area contributed by atoms with Crippen LogP contribution in [-0.2, 0) is 9.47 Å². The molecule has 0 unspecified atom stereocenters. The maximum Gasteiger partial charge on any atom is 0.229 e. The molecule has 29 heavy (non-hydrogen) atoms. The van der Waals surface area contributed by atoms with E-state index in [4.69, 9.17) is 19.4 Å². The molecule has 4 heterocycles. The van der Waals surface area contributed by atoms with E-state index in [2.05, 4.69) is 40.8 Å². The van der Waals surface area contributed by atoms with Crippen LogP contribution in [0.15, 0.2) is 36.7 Å². The van der Waals surface area contributed by atoms with Crippen LogP contribution in [0, 0.1) is 0 Å². The predicted octanol–water partition coefficient (Wildman–Crippen LogP) is 2.27. The second kappa shape index (κ2) is 7.61. The van der Waals surface area contributed by atoms with Crippen LogP contribution in [0.25, 0.3) is 16.9 Å². The van der Waals surface area contributed by atoms with Crippen molar-refractivity contribution in [2.45, 2.75) is 26.0 Å². The van der Waals surface area contributed by atoms with Crippen LogP contribution in [0.4, 0.5) is 11.8 Å². The number of fused-ring (bicyclic) bond motifs is 1. The molecule has 0 N–H and O–H groups in total. The van der Waals surface area contributed by atoms with Crippen LogP contribution in [0.3, 0.4) is 0 Å². The van der Waals surface area contributed by atoms with E-state index in [9.17, 15) is 0 Å². The number of para-hydroxylation sites is 2. The Balaban J connectivity index is 1.62. The zero-order chi connectivity index (χ0) is 19.8. The van der Waals surface area contributed by atoms with E-state index in [0.29, 0.717) is 19.8 Å². The molecule has 2 aliphatic rings. The second-order valence-electron chi connectivity index (χ2n) is 7.60. The molecule has 152 valence electrons. The van der Waals surface area contributed by atoms with Gasteiger partial charge in [-0.05, 0) is 26.0 Å². The first-order chi connectivity index (χ1) is 14.2. The smallest absolute Gasteiger partial charge is 0.229 e. The van der Waals surface area contributed by atoms with E-state index in [0.717, 1.165) is 48.3 Å². The molecule has 0 radical (unpaired) electrons. The number of nitrogens with zero attached hydrogens (tertiary/aromatic N) is 6.